The van der Waals surface area contributed by atoms with Gasteiger partial charge in [-0.15, -0.1) is 10.2 Å². The third kappa shape index (κ3) is 5.11. The van der Waals surface area contributed by atoms with Gasteiger partial charge in [0.2, 0.25) is 0 Å². The van der Waals surface area contributed by atoms with Crippen LogP contribution in [0.5, 0.6) is 0 Å². The highest BCUT2D eigenvalue weighted by atomic mass is 19.4. The standard InChI is InChI=1S/C15H16F3N5O/c1-9(2)19-14(24)21-13-7-6-12(22-23-13)20-11-5-3-4-10(8-11)15(16,17)18/h3-9H,1-2H3,(H,20,22)(H2,19,21,23,24). The number of aromatic nitrogens is 2. The fourth-order valence-electron chi connectivity index (χ4n) is 1.80. The second-order valence-electron chi connectivity index (χ2n) is 5.26. The lowest BCUT2D eigenvalue weighted by Crippen LogP contribution is -2.34. The predicted molar refractivity (Wildman–Crippen MR) is 84.0 cm³/mol. The molecule has 0 saturated heterocycles. The monoisotopic (exact) mass is 339 g/mol. The maximum Gasteiger partial charge on any atom is 0.416 e. The highest BCUT2D eigenvalue weighted by molar-refractivity contribution is 5.88. The summed E-state index contributed by atoms with van der Waals surface area (Å²) in [5.41, 5.74) is -0.526. The molecule has 1 aromatic heterocycles. The number of hydrogen-bond acceptors (Lipinski definition) is 4. The molecule has 0 aliphatic carbocycles. The first-order chi connectivity index (χ1) is 11.2. The lowest BCUT2D eigenvalue weighted by molar-refractivity contribution is -0.137. The van der Waals surface area contributed by atoms with E-state index in [9.17, 15) is 18.0 Å². The summed E-state index contributed by atoms with van der Waals surface area (Å²) in [5, 5.41) is 15.4. The first-order valence-corrected chi connectivity index (χ1v) is 7.09. The number of carbonyl (C=O) groups excluding carboxylic acids is 1. The molecule has 24 heavy (non-hydrogen) atoms. The van der Waals surface area contributed by atoms with Crippen molar-refractivity contribution in [3.05, 3.63) is 42.0 Å². The number of rotatable bonds is 4. The van der Waals surface area contributed by atoms with Crippen LogP contribution in [0.3, 0.4) is 0 Å². The van der Waals surface area contributed by atoms with Crippen molar-refractivity contribution in [1.82, 2.24) is 15.5 Å². The van der Waals surface area contributed by atoms with Crippen LogP contribution in [0.4, 0.5) is 35.3 Å². The molecule has 2 rings (SSSR count). The minimum atomic E-state index is -4.42. The van der Waals surface area contributed by atoms with Crippen LogP contribution in [-0.4, -0.2) is 22.3 Å². The minimum absolute atomic E-state index is 0.0280. The topological polar surface area (TPSA) is 78.9 Å². The smallest absolute Gasteiger partial charge is 0.339 e. The summed E-state index contributed by atoms with van der Waals surface area (Å²) in [7, 11) is 0. The Morgan fingerprint density at radius 2 is 1.75 bits per heavy atom. The van der Waals surface area contributed by atoms with Gasteiger partial charge in [-0.25, -0.2) is 4.79 Å². The van der Waals surface area contributed by atoms with E-state index in [-0.39, 0.29) is 23.4 Å². The number of halogens is 3. The van der Waals surface area contributed by atoms with E-state index in [4.69, 9.17) is 0 Å². The van der Waals surface area contributed by atoms with Crippen LogP contribution >= 0.6 is 0 Å². The van der Waals surface area contributed by atoms with Crippen molar-refractivity contribution in [1.29, 1.82) is 0 Å². The van der Waals surface area contributed by atoms with E-state index in [1.807, 2.05) is 13.8 Å². The molecule has 0 saturated carbocycles. The van der Waals surface area contributed by atoms with Gasteiger partial charge in [0, 0.05) is 11.7 Å². The summed E-state index contributed by atoms with van der Waals surface area (Å²) in [6, 6.07) is 7.28. The molecular formula is C15H16F3N5O. The van der Waals surface area contributed by atoms with Crippen LogP contribution < -0.4 is 16.0 Å². The molecular weight excluding hydrogens is 323 g/mol. The first-order valence-electron chi connectivity index (χ1n) is 7.09. The normalized spacial score (nSPS) is 11.2. The summed E-state index contributed by atoms with van der Waals surface area (Å²) < 4.78 is 38.0. The van der Waals surface area contributed by atoms with Crippen molar-refractivity contribution in [2.45, 2.75) is 26.1 Å². The largest absolute Gasteiger partial charge is 0.416 e. The summed E-state index contributed by atoms with van der Waals surface area (Å²) in [5.74, 6) is 0.479. The lowest BCUT2D eigenvalue weighted by atomic mass is 10.2. The van der Waals surface area contributed by atoms with Crippen LogP contribution in [0.25, 0.3) is 0 Å². The van der Waals surface area contributed by atoms with Crippen molar-refractivity contribution in [3.63, 3.8) is 0 Å². The molecule has 0 unspecified atom stereocenters. The minimum Gasteiger partial charge on any atom is -0.339 e. The van der Waals surface area contributed by atoms with Crippen molar-refractivity contribution < 1.29 is 18.0 Å². The van der Waals surface area contributed by atoms with E-state index < -0.39 is 17.8 Å². The van der Waals surface area contributed by atoms with Crippen molar-refractivity contribution in [3.8, 4) is 0 Å². The highest BCUT2D eigenvalue weighted by Gasteiger charge is 2.30. The van der Waals surface area contributed by atoms with Crippen LogP contribution in [0.15, 0.2) is 36.4 Å². The summed E-state index contributed by atoms with van der Waals surface area (Å²) >= 11 is 0. The maximum atomic E-state index is 12.7. The van der Waals surface area contributed by atoms with Gasteiger partial charge >= 0.3 is 12.2 Å². The molecule has 6 nitrogen and oxygen atoms in total. The molecule has 1 heterocycles. The molecule has 0 aliphatic heterocycles. The van der Waals surface area contributed by atoms with E-state index in [1.165, 1.54) is 24.3 Å². The van der Waals surface area contributed by atoms with Gasteiger partial charge in [-0.2, -0.15) is 13.2 Å². The van der Waals surface area contributed by atoms with Gasteiger partial charge in [0.15, 0.2) is 11.6 Å². The molecule has 9 heteroatoms. The number of amides is 2. The predicted octanol–water partition coefficient (Wildman–Crippen LogP) is 3.77. The fourth-order valence-corrected chi connectivity index (χ4v) is 1.80. The van der Waals surface area contributed by atoms with Crippen LogP contribution in [0, 0.1) is 0 Å². The molecule has 128 valence electrons. The maximum absolute atomic E-state index is 12.7. The second-order valence-corrected chi connectivity index (χ2v) is 5.26. The highest BCUT2D eigenvalue weighted by Crippen LogP contribution is 2.31. The van der Waals surface area contributed by atoms with Gasteiger partial charge in [0.1, 0.15) is 0 Å². The van der Waals surface area contributed by atoms with Gasteiger partial charge in [-0.1, -0.05) is 6.07 Å². The second kappa shape index (κ2) is 7.16. The Balaban J connectivity index is 2.03. The Morgan fingerprint density at radius 1 is 1.08 bits per heavy atom. The quantitative estimate of drug-likeness (QED) is 0.792. The summed E-state index contributed by atoms with van der Waals surface area (Å²) in [6.45, 7) is 3.63. The van der Waals surface area contributed by atoms with Crippen LogP contribution in [-0.2, 0) is 6.18 Å². The molecule has 0 fully saturated rings. The Labute approximate surface area is 136 Å². The molecule has 2 aromatic rings. The molecule has 2 amide bonds. The number of urea groups is 1. The van der Waals surface area contributed by atoms with E-state index in [1.54, 1.807) is 0 Å². The fraction of sp³-hybridized carbons (Fsp3) is 0.267. The number of nitrogens with zero attached hydrogens (tertiary/aromatic N) is 2. The van der Waals surface area contributed by atoms with E-state index in [0.717, 1.165) is 12.1 Å². The van der Waals surface area contributed by atoms with E-state index in [2.05, 4.69) is 26.1 Å². The summed E-state index contributed by atoms with van der Waals surface area (Å²) in [6.07, 6.45) is -4.42. The number of nitrogens with one attached hydrogen (secondary N) is 3. The number of alkyl halides is 3. The molecule has 1 aromatic carbocycles. The van der Waals surface area contributed by atoms with Crippen molar-refractivity contribution in [2.75, 3.05) is 10.6 Å². The molecule has 0 radical (unpaired) electrons. The molecule has 0 atom stereocenters. The third-order valence-electron chi connectivity index (χ3n) is 2.79. The van der Waals surface area contributed by atoms with Gasteiger partial charge in [-0.05, 0) is 44.2 Å². The third-order valence-corrected chi connectivity index (χ3v) is 2.79. The number of benzene rings is 1. The van der Waals surface area contributed by atoms with Crippen molar-refractivity contribution >= 4 is 23.4 Å². The average molecular weight is 339 g/mol. The number of hydrogen-bond donors (Lipinski definition) is 3. The first kappa shape index (κ1) is 17.5. The van der Waals surface area contributed by atoms with Crippen molar-refractivity contribution in [2.24, 2.45) is 0 Å². The number of anilines is 3. The zero-order chi connectivity index (χ0) is 17.7. The lowest BCUT2D eigenvalue weighted by Gasteiger charge is -2.11. The SMILES string of the molecule is CC(C)NC(=O)Nc1ccc(Nc2cccc(C(F)(F)F)c2)nn1. The number of carbonyl (C=O) groups is 1. The zero-order valence-electron chi connectivity index (χ0n) is 13.0. The van der Waals surface area contributed by atoms with Gasteiger partial charge in [0.25, 0.3) is 0 Å². The molecule has 0 aliphatic rings. The van der Waals surface area contributed by atoms with Gasteiger partial charge in [0.05, 0.1) is 5.56 Å². The van der Waals surface area contributed by atoms with Crippen LogP contribution in [0.1, 0.15) is 19.4 Å². The average Bonchev–Trinajstić information content (AvgIpc) is 2.48. The molecule has 0 spiro atoms. The Bertz CT molecular complexity index is 701. The van der Waals surface area contributed by atoms with Gasteiger partial charge in [-0.3, -0.25) is 5.32 Å². The van der Waals surface area contributed by atoms with E-state index >= 15 is 0 Å². The Morgan fingerprint density at radius 3 is 2.33 bits per heavy atom. The van der Waals surface area contributed by atoms with Gasteiger partial charge < -0.3 is 10.6 Å². The summed E-state index contributed by atoms with van der Waals surface area (Å²) in [4.78, 5) is 11.5. The van der Waals surface area contributed by atoms with Crippen LogP contribution in [0.2, 0.25) is 0 Å². The Hall–Kier alpha value is -2.84. The zero-order valence-corrected chi connectivity index (χ0v) is 13.0. The van der Waals surface area contributed by atoms with E-state index in [0.29, 0.717) is 0 Å². The molecule has 0 bridgehead atoms. The Kier molecular flexibility index (Phi) is 5.22. The molecule has 3 N–H and O–H groups in total.